The van der Waals surface area contributed by atoms with Crippen molar-refractivity contribution in [3.63, 3.8) is 0 Å². The number of halogens is 3. The summed E-state index contributed by atoms with van der Waals surface area (Å²) in [6, 6.07) is 12.7. The first-order valence-corrected chi connectivity index (χ1v) is 10.2. The van der Waals surface area contributed by atoms with Gasteiger partial charge in [0.15, 0.2) is 0 Å². The molecule has 11 heteroatoms. The van der Waals surface area contributed by atoms with Gasteiger partial charge in [-0.2, -0.15) is 13.2 Å². The Kier molecular flexibility index (Phi) is 5.54. The molecule has 0 spiro atoms. The first-order chi connectivity index (χ1) is 16.4. The van der Waals surface area contributed by atoms with E-state index in [9.17, 15) is 23.1 Å². The summed E-state index contributed by atoms with van der Waals surface area (Å²) in [7, 11) is 0. The Morgan fingerprint density at radius 1 is 1.03 bits per heavy atom. The van der Waals surface area contributed by atoms with Crippen molar-refractivity contribution >= 4 is 5.91 Å². The van der Waals surface area contributed by atoms with Gasteiger partial charge in [0.2, 0.25) is 11.8 Å². The van der Waals surface area contributed by atoms with Crippen LogP contribution in [0.4, 0.5) is 13.2 Å². The fourth-order valence-corrected chi connectivity index (χ4v) is 3.91. The van der Waals surface area contributed by atoms with E-state index in [1.54, 1.807) is 30.3 Å². The van der Waals surface area contributed by atoms with Crippen LogP contribution in [-0.2, 0) is 6.54 Å². The number of carbonyl (C=O) groups excluding carboxylic acids is 1. The largest absolute Gasteiger partial charge is 0.415 e. The molecule has 172 valence electrons. The number of pyridine rings is 2. The van der Waals surface area contributed by atoms with Crippen LogP contribution in [0.5, 0.6) is 0 Å². The third-order valence-electron chi connectivity index (χ3n) is 5.48. The van der Waals surface area contributed by atoms with Crippen LogP contribution >= 0.6 is 0 Å². The summed E-state index contributed by atoms with van der Waals surface area (Å²) in [4.78, 5) is 22.8. The van der Waals surface area contributed by atoms with Crippen LogP contribution in [0.15, 0.2) is 65.2 Å². The number of nitrogens with zero attached hydrogens (tertiary/aromatic N) is 5. The van der Waals surface area contributed by atoms with Crippen LogP contribution in [0.2, 0.25) is 0 Å². The summed E-state index contributed by atoms with van der Waals surface area (Å²) < 4.78 is 44.5. The van der Waals surface area contributed by atoms with E-state index in [2.05, 4.69) is 20.2 Å². The van der Waals surface area contributed by atoms with Gasteiger partial charge in [0.1, 0.15) is 12.1 Å². The highest BCUT2D eigenvalue weighted by Gasteiger charge is 2.39. The van der Waals surface area contributed by atoms with Gasteiger partial charge < -0.3 is 14.4 Å². The number of benzene rings is 1. The zero-order valence-corrected chi connectivity index (χ0v) is 17.3. The Balaban J connectivity index is 1.52. The second-order valence-corrected chi connectivity index (χ2v) is 7.58. The number of aliphatic hydroxyl groups is 1. The molecule has 1 aromatic carbocycles. The van der Waals surface area contributed by atoms with Crippen LogP contribution in [0, 0.1) is 5.95 Å². The van der Waals surface area contributed by atoms with Gasteiger partial charge in [0.25, 0.3) is 11.8 Å². The molecule has 1 aliphatic rings. The van der Waals surface area contributed by atoms with Gasteiger partial charge in [0.05, 0.1) is 11.4 Å². The van der Waals surface area contributed by atoms with Crippen molar-refractivity contribution in [3.05, 3.63) is 95.1 Å². The van der Waals surface area contributed by atoms with Crippen molar-refractivity contribution in [1.82, 2.24) is 25.1 Å². The van der Waals surface area contributed by atoms with Crippen LogP contribution in [0.25, 0.3) is 11.5 Å². The second kappa shape index (κ2) is 8.67. The van der Waals surface area contributed by atoms with Gasteiger partial charge in [-0.3, -0.25) is 9.78 Å². The average molecular weight is 467 g/mol. The molecule has 1 aliphatic heterocycles. The summed E-state index contributed by atoms with van der Waals surface area (Å²) in [6.45, 7) is 0.104. The first kappa shape index (κ1) is 21.7. The minimum atomic E-state index is -2.92. The lowest BCUT2D eigenvalue weighted by atomic mass is 10.0. The average Bonchev–Trinajstić information content (AvgIpc) is 3.46. The molecule has 1 unspecified atom stereocenters. The van der Waals surface area contributed by atoms with Crippen LogP contribution in [0.1, 0.15) is 51.8 Å². The molecule has 0 aliphatic carbocycles. The molecule has 3 aromatic heterocycles. The fraction of sp³-hybridized carbons (Fsp3) is 0.174. The van der Waals surface area contributed by atoms with E-state index in [-0.39, 0.29) is 29.4 Å². The summed E-state index contributed by atoms with van der Waals surface area (Å²) in [6.07, 6.45) is -2.71. The molecular weight excluding hydrogens is 451 g/mol. The van der Waals surface area contributed by atoms with Crippen molar-refractivity contribution in [2.24, 2.45) is 0 Å². The standard InChI is InChI=1S/C23H16F3N5O3/c24-17-6-3-5-15(28-17)18(19(32)16-4-1-2-9-27-16)31-11-13-8-7-12(10-14(13)23(31)33)21-29-30-22(34-21)20(25)26/h1-10,18-20,32H,11H2/t18-,19?/m1/s1. The number of hydrogen-bond donors (Lipinski definition) is 1. The monoisotopic (exact) mass is 467 g/mol. The van der Waals surface area contributed by atoms with Crippen molar-refractivity contribution < 1.29 is 27.5 Å². The minimum absolute atomic E-state index is 0.104. The quantitative estimate of drug-likeness (QED) is 0.427. The molecular formula is C23H16F3N5O3. The molecule has 2 atom stereocenters. The molecule has 4 heterocycles. The highest BCUT2D eigenvalue weighted by molar-refractivity contribution is 5.99. The summed E-state index contributed by atoms with van der Waals surface area (Å²) in [5.41, 5.74) is 1.62. The van der Waals surface area contributed by atoms with Crippen molar-refractivity contribution in [1.29, 1.82) is 0 Å². The van der Waals surface area contributed by atoms with Gasteiger partial charge in [-0.1, -0.05) is 18.2 Å². The smallest absolute Gasteiger partial charge is 0.314 e. The van der Waals surface area contributed by atoms with Gasteiger partial charge >= 0.3 is 6.43 Å². The second-order valence-electron chi connectivity index (χ2n) is 7.58. The number of fused-ring (bicyclic) bond motifs is 1. The molecule has 0 bridgehead atoms. The van der Waals surface area contributed by atoms with E-state index in [1.807, 2.05) is 0 Å². The highest BCUT2D eigenvalue weighted by atomic mass is 19.3. The number of carbonyl (C=O) groups is 1. The summed E-state index contributed by atoms with van der Waals surface area (Å²) >= 11 is 0. The molecule has 0 saturated carbocycles. The molecule has 0 radical (unpaired) electrons. The Hall–Kier alpha value is -4.12. The van der Waals surface area contributed by atoms with E-state index in [0.717, 1.165) is 0 Å². The van der Waals surface area contributed by atoms with E-state index in [1.165, 1.54) is 35.4 Å². The molecule has 1 N–H and O–H groups in total. The van der Waals surface area contributed by atoms with Gasteiger partial charge in [0, 0.05) is 23.9 Å². The molecule has 1 amide bonds. The van der Waals surface area contributed by atoms with E-state index >= 15 is 0 Å². The predicted molar refractivity (Wildman–Crippen MR) is 111 cm³/mol. The Bertz CT molecular complexity index is 1350. The van der Waals surface area contributed by atoms with Gasteiger partial charge in [-0.25, -0.2) is 4.98 Å². The SMILES string of the molecule is O=C1c2cc(-c3nnc(C(F)F)o3)ccc2CN1[C@H](c1cccc(F)n1)C(O)c1ccccn1. The third kappa shape index (κ3) is 3.90. The maximum Gasteiger partial charge on any atom is 0.314 e. The molecule has 0 saturated heterocycles. The highest BCUT2D eigenvalue weighted by Crippen LogP contribution is 2.39. The Labute approximate surface area is 190 Å². The maximum absolute atomic E-state index is 14.0. The molecule has 34 heavy (non-hydrogen) atoms. The molecule has 5 rings (SSSR count). The molecule has 4 aromatic rings. The number of aromatic nitrogens is 4. The maximum atomic E-state index is 14.0. The zero-order chi connectivity index (χ0) is 23.8. The topological polar surface area (TPSA) is 105 Å². The number of aliphatic hydroxyl groups excluding tert-OH is 1. The predicted octanol–water partition coefficient (Wildman–Crippen LogP) is 4.03. The lowest BCUT2D eigenvalue weighted by Crippen LogP contribution is -2.34. The van der Waals surface area contributed by atoms with E-state index in [0.29, 0.717) is 11.1 Å². The van der Waals surface area contributed by atoms with E-state index in [4.69, 9.17) is 4.42 Å². The lowest BCUT2D eigenvalue weighted by Gasteiger charge is -2.31. The minimum Gasteiger partial charge on any atom is -0.415 e. The van der Waals surface area contributed by atoms with Crippen molar-refractivity contribution in [3.8, 4) is 11.5 Å². The molecule has 8 nitrogen and oxygen atoms in total. The third-order valence-corrected chi connectivity index (χ3v) is 5.48. The number of alkyl halides is 2. The number of amides is 1. The van der Waals surface area contributed by atoms with E-state index < -0.39 is 36.3 Å². The van der Waals surface area contributed by atoms with Crippen LogP contribution in [0.3, 0.4) is 0 Å². The fourth-order valence-electron chi connectivity index (χ4n) is 3.91. The number of hydrogen-bond acceptors (Lipinski definition) is 7. The van der Waals surface area contributed by atoms with Crippen molar-refractivity contribution in [2.45, 2.75) is 25.1 Å². The molecule has 0 fully saturated rings. The lowest BCUT2D eigenvalue weighted by molar-refractivity contribution is 0.0329. The summed E-state index contributed by atoms with van der Waals surface area (Å²) in [5.74, 6) is -2.19. The van der Waals surface area contributed by atoms with Gasteiger partial charge in [-0.05, 0) is 42.0 Å². The number of rotatable bonds is 6. The Morgan fingerprint density at radius 3 is 2.56 bits per heavy atom. The van der Waals surface area contributed by atoms with Crippen LogP contribution < -0.4 is 0 Å². The normalized spacial score (nSPS) is 15.0. The first-order valence-electron chi connectivity index (χ1n) is 10.2. The van der Waals surface area contributed by atoms with Crippen LogP contribution in [-0.4, -0.2) is 36.1 Å². The zero-order valence-electron chi connectivity index (χ0n) is 17.3. The van der Waals surface area contributed by atoms with Gasteiger partial charge in [-0.15, -0.1) is 10.2 Å². The summed E-state index contributed by atoms with van der Waals surface area (Å²) in [5, 5.41) is 18.1. The Morgan fingerprint density at radius 2 is 1.85 bits per heavy atom. The van der Waals surface area contributed by atoms with Crippen molar-refractivity contribution in [2.75, 3.05) is 0 Å².